The molecule has 1 fully saturated rings. The largest absolute Gasteiger partial charge is 0.331 e. The molecule has 0 radical (unpaired) electrons. The Balaban J connectivity index is 1.85. The second kappa shape index (κ2) is 10.7. The second-order valence-corrected chi connectivity index (χ2v) is 9.38. The summed E-state index contributed by atoms with van der Waals surface area (Å²) < 4.78 is 0. The van der Waals surface area contributed by atoms with Crippen LogP contribution in [0.15, 0.2) is 36.4 Å². The molecule has 0 unspecified atom stereocenters. The van der Waals surface area contributed by atoms with Gasteiger partial charge in [-0.3, -0.25) is 19.7 Å². The van der Waals surface area contributed by atoms with Crippen LogP contribution in [-0.2, 0) is 20.8 Å². The lowest BCUT2D eigenvalue weighted by Gasteiger charge is -2.45. The van der Waals surface area contributed by atoms with E-state index in [4.69, 9.17) is 16.4 Å². The zero-order chi connectivity index (χ0) is 25.0. The maximum Gasteiger partial charge on any atom is 0.257 e. The quantitative estimate of drug-likeness (QED) is 0.632. The summed E-state index contributed by atoms with van der Waals surface area (Å²) in [5.41, 5.74) is 2.99. The summed E-state index contributed by atoms with van der Waals surface area (Å²) >= 11 is 6.15. The number of piperidine rings is 1. The highest BCUT2D eigenvalue weighted by Gasteiger charge is 2.47. The number of carbonyl (C=O) groups is 3. The van der Waals surface area contributed by atoms with Crippen molar-refractivity contribution in [3.05, 3.63) is 69.2 Å². The van der Waals surface area contributed by atoms with Crippen LogP contribution in [0.3, 0.4) is 0 Å². The fourth-order valence-corrected chi connectivity index (χ4v) is 4.81. The van der Waals surface area contributed by atoms with Gasteiger partial charge in [0.05, 0.1) is 13.5 Å². The van der Waals surface area contributed by atoms with Crippen molar-refractivity contribution >= 4 is 29.3 Å². The van der Waals surface area contributed by atoms with Gasteiger partial charge in [0, 0.05) is 30.7 Å². The first-order valence-corrected chi connectivity index (χ1v) is 11.7. The first kappa shape index (κ1) is 25.9. The Bertz CT molecular complexity index is 1050. The summed E-state index contributed by atoms with van der Waals surface area (Å²) in [4.78, 5) is 46.6. The van der Waals surface area contributed by atoms with Gasteiger partial charge >= 0.3 is 0 Å². The summed E-state index contributed by atoms with van der Waals surface area (Å²) in [6.45, 7) is 6.68. The summed E-state index contributed by atoms with van der Waals surface area (Å²) in [6.07, 6.45) is 0.823. The molecule has 3 rings (SSSR count). The van der Waals surface area contributed by atoms with Crippen LogP contribution in [0.2, 0.25) is 5.02 Å². The lowest BCUT2D eigenvalue weighted by atomic mass is 9.84. The Hall–Kier alpha value is -2.74. The Labute approximate surface area is 206 Å². The minimum Gasteiger partial charge on any atom is -0.331 e. The number of imide groups is 1. The molecule has 2 aromatic carbocycles. The zero-order valence-corrected chi connectivity index (χ0v) is 21.2. The van der Waals surface area contributed by atoms with Gasteiger partial charge in [-0.1, -0.05) is 29.3 Å². The number of hydroxylamine groups is 2. The molecule has 1 heterocycles. The standard InChI is InChI=1S/C26H32ClN3O4/c1-17-6-8-20(9-7-17)24(32)28-25(33)26(10-12-30(34-5)13-11-26)29(4)23(31)16-22-18(2)14-21(27)15-19(22)3/h6-9,14-15H,10-13,16H2,1-5H3,(H,28,32,33). The molecule has 1 saturated heterocycles. The van der Waals surface area contributed by atoms with Gasteiger partial charge in [0.15, 0.2) is 0 Å². The van der Waals surface area contributed by atoms with E-state index in [0.29, 0.717) is 36.5 Å². The number of hydrogen-bond acceptors (Lipinski definition) is 5. The molecule has 3 amide bonds. The molecule has 0 aromatic heterocycles. The van der Waals surface area contributed by atoms with E-state index in [2.05, 4.69) is 5.32 Å². The molecule has 1 N–H and O–H groups in total. The molecule has 0 atom stereocenters. The number of aryl methyl sites for hydroxylation is 3. The van der Waals surface area contributed by atoms with E-state index in [9.17, 15) is 14.4 Å². The van der Waals surface area contributed by atoms with Gasteiger partial charge in [-0.25, -0.2) is 0 Å². The van der Waals surface area contributed by atoms with Crippen molar-refractivity contribution in [3.8, 4) is 0 Å². The molecule has 0 bridgehead atoms. The lowest BCUT2D eigenvalue weighted by Crippen LogP contribution is -2.64. The Morgan fingerprint density at radius 1 is 1.06 bits per heavy atom. The molecule has 7 nitrogen and oxygen atoms in total. The number of halogens is 1. The van der Waals surface area contributed by atoms with E-state index < -0.39 is 17.4 Å². The van der Waals surface area contributed by atoms with Crippen molar-refractivity contribution < 1.29 is 19.2 Å². The van der Waals surface area contributed by atoms with Crippen LogP contribution < -0.4 is 5.32 Å². The molecule has 0 saturated carbocycles. The van der Waals surface area contributed by atoms with E-state index in [0.717, 1.165) is 22.3 Å². The number of benzene rings is 2. The van der Waals surface area contributed by atoms with E-state index in [-0.39, 0.29) is 12.3 Å². The van der Waals surface area contributed by atoms with E-state index >= 15 is 0 Å². The van der Waals surface area contributed by atoms with Crippen LogP contribution in [0.5, 0.6) is 0 Å². The molecular formula is C26H32ClN3O4. The molecule has 1 aliphatic rings. The monoisotopic (exact) mass is 485 g/mol. The van der Waals surface area contributed by atoms with Crippen LogP contribution in [0.4, 0.5) is 0 Å². The number of nitrogens with zero attached hydrogens (tertiary/aromatic N) is 2. The summed E-state index contributed by atoms with van der Waals surface area (Å²) in [7, 11) is 3.22. The van der Waals surface area contributed by atoms with Gasteiger partial charge in [0.25, 0.3) is 11.8 Å². The van der Waals surface area contributed by atoms with Crippen molar-refractivity contribution in [1.29, 1.82) is 0 Å². The van der Waals surface area contributed by atoms with Crippen molar-refractivity contribution in [2.24, 2.45) is 0 Å². The average molecular weight is 486 g/mol. The van der Waals surface area contributed by atoms with Crippen molar-refractivity contribution in [2.75, 3.05) is 27.2 Å². The topological polar surface area (TPSA) is 79.0 Å². The number of hydrogen-bond donors (Lipinski definition) is 1. The van der Waals surface area contributed by atoms with E-state index in [1.54, 1.807) is 31.4 Å². The van der Waals surface area contributed by atoms with Gasteiger partial charge in [0.1, 0.15) is 5.54 Å². The minimum absolute atomic E-state index is 0.139. The van der Waals surface area contributed by atoms with Crippen molar-refractivity contribution in [2.45, 2.75) is 45.6 Å². The van der Waals surface area contributed by atoms with Crippen LogP contribution in [0, 0.1) is 20.8 Å². The molecule has 0 aliphatic carbocycles. The lowest BCUT2D eigenvalue weighted by molar-refractivity contribution is -0.173. The summed E-state index contributed by atoms with van der Waals surface area (Å²) in [5, 5.41) is 4.91. The average Bonchev–Trinajstić information content (AvgIpc) is 2.81. The van der Waals surface area contributed by atoms with Gasteiger partial charge < -0.3 is 9.74 Å². The van der Waals surface area contributed by atoms with Crippen LogP contribution >= 0.6 is 11.6 Å². The second-order valence-electron chi connectivity index (χ2n) is 8.94. The Kier molecular flexibility index (Phi) is 8.13. The molecule has 182 valence electrons. The third kappa shape index (κ3) is 5.49. The molecular weight excluding hydrogens is 454 g/mol. The first-order valence-electron chi connectivity index (χ1n) is 11.3. The maximum absolute atomic E-state index is 13.5. The number of rotatable bonds is 6. The highest BCUT2D eigenvalue weighted by atomic mass is 35.5. The molecule has 34 heavy (non-hydrogen) atoms. The summed E-state index contributed by atoms with van der Waals surface area (Å²) in [6, 6.07) is 10.7. The number of likely N-dealkylation sites (N-methyl/N-ethyl adjacent to an activating group) is 1. The smallest absolute Gasteiger partial charge is 0.257 e. The predicted molar refractivity (Wildman–Crippen MR) is 132 cm³/mol. The van der Waals surface area contributed by atoms with Crippen LogP contribution in [0.1, 0.15) is 45.5 Å². The Morgan fingerprint density at radius 3 is 2.15 bits per heavy atom. The minimum atomic E-state index is -1.17. The Morgan fingerprint density at radius 2 is 1.62 bits per heavy atom. The number of amides is 3. The van der Waals surface area contributed by atoms with Gasteiger partial charge in [0.2, 0.25) is 5.91 Å². The first-order chi connectivity index (χ1) is 16.1. The zero-order valence-electron chi connectivity index (χ0n) is 20.4. The predicted octanol–water partition coefficient (Wildman–Crippen LogP) is 3.62. The van der Waals surface area contributed by atoms with Crippen molar-refractivity contribution in [3.63, 3.8) is 0 Å². The number of carbonyl (C=O) groups excluding carboxylic acids is 3. The third-order valence-electron chi connectivity index (χ3n) is 6.78. The molecule has 2 aromatic rings. The third-order valence-corrected chi connectivity index (χ3v) is 6.99. The highest BCUT2D eigenvalue weighted by Crippen LogP contribution is 2.30. The molecule has 1 aliphatic heterocycles. The maximum atomic E-state index is 13.5. The van der Waals surface area contributed by atoms with Gasteiger partial charge in [-0.05, 0) is 74.6 Å². The number of nitrogens with one attached hydrogen (secondary N) is 1. The highest BCUT2D eigenvalue weighted by molar-refractivity contribution is 6.30. The summed E-state index contributed by atoms with van der Waals surface area (Å²) in [5.74, 6) is -1.16. The van der Waals surface area contributed by atoms with Gasteiger partial charge in [-0.2, -0.15) is 5.06 Å². The normalized spacial score (nSPS) is 15.6. The fraction of sp³-hybridized carbons (Fsp3) is 0.423. The van der Waals surface area contributed by atoms with Crippen LogP contribution in [-0.4, -0.2) is 60.5 Å². The van der Waals surface area contributed by atoms with Crippen LogP contribution in [0.25, 0.3) is 0 Å². The van der Waals surface area contributed by atoms with Gasteiger partial charge in [-0.15, -0.1) is 0 Å². The van der Waals surface area contributed by atoms with E-state index in [1.807, 2.05) is 45.0 Å². The SMILES string of the molecule is CON1CCC(C(=O)NC(=O)c2ccc(C)cc2)(N(C)C(=O)Cc2c(C)cc(Cl)cc2C)CC1. The van der Waals surface area contributed by atoms with E-state index in [1.165, 1.54) is 4.90 Å². The molecule has 0 spiro atoms. The molecule has 8 heteroatoms. The fourth-order valence-electron chi connectivity index (χ4n) is 4.48. The van der Waals surface area contributed by atoms with Crippen molar-refractivity contribution in [1.82, 2.24) is 15.3 Å².